The molecule has 136 valence electrons. The van der Waals surface area contributed by atoms with E-state index in [2.05, 4.69) is 15.4 Å². The van der Waals surface area contributed by atoms with Crippen LogP contribution in [0.4, 0.5) is 32.0 Å². The van der Waals surface area contributed by atoms with Gasteiger partial charge in [-0.15, -0.1) is 5.10 Å². The van der Waals surface area contributed by atoms with Gasteiger partial charge in [-0.1, -0.05) is 17.8 Å². The summed E-state index contributed by atoms with van der Waals surface area (Å²) in [5.74, 6) is 2.42. The van der Waals surface area contributed by atoms with Crippen LogP contribution in [0.1, 0.15) is 11.4 Å². The highest BCUT2D eigenvalue weighted by atomic mass is 32.2. The first-order chi connectivity index (χ1) is 11.5. The Balaban J connectivity index is 1.98. The Labute approximate surface area is 140 Å². The number of thioether (sulfide) groups is 1. The lowest BCUT2D eigenvalue weighted by Gasteiger charge is -2.09. The predicted octanol–water partition coefficient (Wildman–Crippen LogP) is 2.76. The van der Waals surface area contributed by atoms with Crippen molar-refractivity contribution in [1.29, 1.82) is 0 Å². The molecule has 13 heteroatoms. The van der Waals surface area contributed by atoms with Gasteiger partial charge in [0.05, 0.1) is 11.3 Å². The molecule has 1 heterocycles. The summed E-state index contributed by atoms with van der Waals surface area (Å²) < 4.78 is 75.2. The second-order valence-corrected chi connectivity index (χ2v) is 5.52. The van der Waals surface area contributed by atoms with Gasteiger partial charge < -0.3 is 11.2 Å². The molecule has 25 heavy (non-hydrogen) atoms. The standard InChI is InChI=1S/C12H9F6N5OS/c13-11(14,15)6-2-1-3-7(4-6)20-8(24)5-25-10-21-9(12(16,17)18)23(19)22-10/h1-4H,5,19H2,(H,20,24). The van der Waals surface area contributed by atoms with Crippen LogP contribution in [0.3, 0.4) is 0 Å². The molecule has 0 saturated carbocycles. The first-order valence-corrected chi connectivity index (χ1v) is 7.34. The Hall–Kier alpha value is -2.44. The molecule has 0 radical (unpaired) electrons. The van der Waals surface area contributed by atoms with Crippen molar-refractivity contribution in [1.82, 2.24) is 14.9 Å². The first kappa shape index (κ1) is 18.9. The molecule has 1 aromatic heterocycles. The molecule has 6 nitrogen and oxygen atoms in total. The van der Waals surface area contributed by atoms with E-state index in [9.17, 15) is 31.1 Å². The summed E-state index contributed by atoms with van der Waals surface area (Å²) in [6.07, 6.45) is -9.37. The number of nitrogens with one attached hydrogen (secondary N) is 1. The summed E-state index contributed by atoms with van der Waals surface area (Å²) in [5, 5.41) is 5.11. The second kappa shape index (κ2) is 6.82. The Kier molecular flexibility index (Phi) is 5.15. The molecule has 1 aromatic carbocycles. The maximum Gasteiger partial charge on any atom is 0.453 e. The molecular formula is C12H9F6N5OS. The van der Waals surface area contributed by atoms with E-state index >= 15 is 0 Å². The van der Waals surface area contributed by atoms with E-state index in [1.807, 2.05) is 0 Å². The number of carbonyl (C=O) groups excluding carboxylic acids is 1. The lowest BCUT2D eigenvalue weighted by atomic mass is 10.2. The molecule has 0 atom stereocenters. The minimum atomic E-state index is -4.80. The molecule has 0 saturated heterocycles. The highest BCUT2D eigenvalue weighted by Crippen LogP contribution is 2.31. The predicted molar refractivity (Wildman–Crippen MR) is 76.0 cm³/mol. The number of hydrogen-bond acceptors (Lipinski definition) is 5. The van der Waals surface area contributed by atoms with Crippen LogP contribution in [0.5, 0.6) is 0 Å². The minimum Gasteiger partial charge on any atom is -0.325 e. The fraction of sp³-hybridized carbons (Fsp3) is 0.250. The van der Waals surface area contributed by atoms with E-state index in [0.717, 1.165) is 18.2 Å². The molecule has 0 aliphatic carbocycles. The van der Waals surface area contributed by atoms with E-state index in [0.29, 0.717) is 11.8 Å². The highest BCUT2D eigenvalue weighted by Gasteiger charge is 2.38. The van der Waals surface area contributed by atoms with E-state index in [-0.39, 0.29) is 10.5 Å². The van der Waals surface area contributed by atoms with Crippen LogP contribution in [0.2, 0.25) is 0 Å². The number of halogens is 6. The lowest BCUT2D eigenvalue weighted by molar-refractivity contribution is -0.147. The van der Waals surface area contributed by atoms with Crippen molar-refractivity contribution in [3.8, 4) is 0 Å². The van der Waals surface area contributed by atoms with Gasteiger partial charge in [0.15, 0.2) is 0 Å². The van der Waals surface area contributed by atoms with Crippen LogP contribution in [0.25, 0.3) is 0 Å². The molecule has 2 rings (SSSR count). The molecule has 3 N–H and O–H groups in total. The van der Waals surface area contributed by atoms with E-state index in [4.69, 9.17) is 5.84 Å². The van der Waals surface area contributed by atoms with Crippen LogP contribution in [0.15, 0.2) is 29.4 Å². The van der Waals surface area contributed by atoms with E-state index in [1.54, 1.807) is 0 Å². The number of nitrogens with two attached hydrogens (primary N) is 1. The van der Waals surface area contributed by atoms with Gasteiger partial charge in [-0.3, -0.25) is 4.79 Å². The molecule has 0 bridgehead atoms. The van der Waals surface area contributed by atoms with Crippen molar-refractivity contribution in [3.63, 3.8) is 0 Å². The number of carbonyl (C=O) groups is 1. The summed E-state index contributed by atoms with van der Waals surface area (Å²) in [6, 6.07) is 3.92. The minimum absolute atomic E-state index is 0.0348. The number of nitrogen functional groups attached to an aromatic ring is 1. The monoisotopic (exact) mass is 385 g/mol. The normalized spacial score (nSPS) is 12.2. The van der Waals surface area contributed by atoms with Gasteiger partial charge in [0.1, 0.15) is 0 Å². The quantitative estimate of drug-likeness (QED) is 0.480. The Morgan fingerprint density at radius 3 is 2.44 bits per heavy atom. The number of rotatable bonds is 4. The van der Waals surface area contributed by atoms with Gasteiger partial charge in [-0.25, -0.2) is 0 Å². The molecule has 0 fully saturated rings. The number of alkyl halides is 6. The third kappa shape index (κ3) is 5.01. The Bertz CT molecular complexity index is 772. The van der Waals surface area contributed by atoms with Gasteiger partial charge in [-0.2, -0.15) is 36.1 Å². The Morgan fingerprint density at radius 1 is 1.20 bits per heavy atom. The van der Waals surface area contributed by atoms with Crippen molar-refractivity contribution in [2.24, 2.45) is 0 Å². The maximum absolute atomic E-state index is 12.6. The highest BCUT2D eigenvalue weighted by molar-refractivity contribution is 7.99. The maximum atomic E-state index is 12.6. The van der Waals surface area contributed by atoms with Gasteiger partial charge in [0.2, 0.25) is 11.1 Å². The molecule has 1 amide bonds. The number of amides is 1. The number of anilines is 1. The fourth-order valence-corrected chi connectivity index (χ4v) is 2.29. The van der Waals surface area contributed by atoms with Crippen LogP contribution in [-0.4, -0.2) is 26.5 Å². The lowest BCUT2D eigenvalue weighted by Crippen LogP contribution is -2.21. The number of aromatic nitrogens is 3. The van der Waals surface area contributed by atoms with Gasteiger partial charge in [0, 0.05) is 5.69 Å². The molecule has 2 aromatic rings. The summed E-state index contributed by atoms with van der Waals surface area (Å²) in [6.45, 7) is 0. The Morgan fingerprint density at radius 2 is 1.88 bits per heavy atom. The number of benzene rings is 1. The van der Waals surface area contributed by atoms with Gasteiger partial charge in [0.25, 0.3) is 5.82 Å². The van der Waals surface area contributed by atoms with Gasteiger partial charge >= 0.3 is 12.4 Å². The van der Waals surface area contributed by atoms with Crippen molar-refractivity contribution >= 4 is 23.4 Å². The molecule has 0 aliphatic rings. The zero-order chi connectivity index (χ0) is 18.8. The summed E-state index contributed by atoms with van der Waals surface area (Å²) in [7, 11) is 0. The summed E-state index contributed by atoms with van der Waals surface area (Å²) in [5.41, 5.74) is -1.05. The average Bonchev–Trinajstić information content (AvgIpc) is 2.86. The third-order valence-electron chi connectivity index (χ3n) is 2.67. The van der Waals surface area contributed by atoms with E-state index in [1.165, 1.54) is 6.07 Å². The number of hydrogen-bond donors (Lipinski definition) is 2. The third-order valence-corrected chi connectivity index (χ3v) is 3.51. The topological polar surface area (TPSA) is 85.8 Å². The van der Waals surface area contributed by atoms with Gasteiger partial charge in [-0.05, 0) is 18.2 Å². The second-order valence-electron chi connectivity index (χ2n) is 4.58. The smallest absolute Gasteiger partial charge is 0.325 e. The number of nitrogens with zero attached hydrogens (tertiary/aromatic N) is 3. The molecule has 0 aliphatic heterocycles. The van der Waals surface area contributed by atoms with Crippen molar-refractivity contribution in [2.75, 3.05) is 16.9 Å². The van der Waals surface area contributed by atoms with Crippen LogP contribution in [-0.2, 0) is 17.1 Å². The van der Waals surface area contributed by atoms with E-state index < -0.39 is 40.6 Å². The molecule has 0 spiro atoms. The summed E-state index contributed by atoms with van der Waals surface area (Å²) >= 11 is 0.551. The molecular weight excluding hydrogens is 376 g/mol. The van der Waals surface area contributed by atoms with Crippen molar-refractivity contribution in [2.45, 2.75) is 17.5 Å². The molecule has 0 unspecified atom stereocenters. The van der Waals surface area contributed by atoms with Crippen molar-refractivity contribution in [3.05, 3.63) is 35.7 Å². The zero-order valence-corrected chi connectivity index (χ0v) is 12.8. The average molecular weight is 385 g/mol. The van der Waals surface area contributed by atoms with Crippen LogP contribution >= 0.6 is 11.8 Å². The fourth-order valence-electron chi connectivity index (χ4n) is 1.66. The first-order valence-electron chi connectivity index (χ1n) is 6.36. The van der Waals surface area contributed by atoms with Crippen molar-refractivity contribution < 1.29 is 31.1 Å². The largest absolute Gasteiger partial charge is 0.453 e. The van der Waals surface area contributed by atoms with Crippen LogP contribution in [0, 0.1) is 0 Å². The zero-order valence-electron chi connectivity index (χ0n) is 12.0. The SMILES string of the molecule is Nn1nc(SCC(=O)Nc2cccc(C(F)(F)F)c2)nc1C(F)(F)F. The summed E-state index contributed by atoms with van der Waals surface area (Å²) in [4.78, 5) is 14.9. The van der Waals surface area contributed by atoms with Crippen LogP contribution < -0.4 is 11.2 Å².